The average Bonchev–Trinajstić information content (AvgIpc) is 2.66. The Labute approximate surface area is 180 Å². The highest BCUT2D eigenvalue weighted by atomic mass is 127. The minimum absolute atomic E-state index is 0.0336. The van der Waals surface area contributed by atoms with Crippen LogP contribution in [0.15, 0.2) is 36.4 Å². The lowest BCUT2D eigenvalue weighted by Crippen LogP contribution is -2.49. The fourth-order valence-electron chi connectivity index (χ4n) is 3.94. The fraction of sp³-hybridized carbons (Fsp3) is 0.545. The zero-order valence-corrected chi connectivity index (χ0v) is 18.9. The van der Waals surface area contributed by atoms with Crippen LogP contribution in [-0.4, -0.2) is 22.3 Å². The van der Waals surface area contributed by atoms with E-state index in [-0.39, 0.29) is 27.7 Å². The number of halogens is 1. The molecule has 1 aromatic carbocycles. The molecule has 0 heterocycles. The molecule has 0 aromatic heterocycles. The van der Waals surface area contributed by atoms with Crippen molar-refractivity contribution in [2.45, 2.75) is 69.6 Å². The molecule has 2 unspecified atom stereocenters. The zero-order chi connectivity index (χ0) is 19.3. The Bertz CT molecular complexity index is 695. The second kappa shape index (κ2) is 9.59. The summed E-state index contributed by atoms with van der Waals surface area (Å²) in [5, 5.41) is 3.49. The molecule has 1 aromatic rings. The summed E-state index contributed by atoms with van der Waals surface area (Å²) in [6.07, 6.45) is 12.0. The summed E-state index contributed by atoms with van der Waals surface area (Å²) in [5.74, 6) is 0.179. The standard InChI is InChI=1S/C22H28INO2S/c1-22(13-5-2-6-14-22)21(26)24-18-7-3-4-8-19(18)27-20(25)15-16-9-11-17(23)12-10-16/h4,8-12,18-19H,2-3,5-7,13-15H2,1H3,(H,24,26). The van der Waals surface area contributed by atoms with Crippen LogP contribution in [0.5, 0.6) is 0 Å². The summed E-state index contributed by atoms with van der Waals surface area (Å²) >= 11 is 3.64. The monoisotopic (exact) mass is 497 g/mol. The van der Waals surface area contributed by atoms with Crippen molar-refractivity contribution in [1.82, 2.24) is 5.32 Å². The molecule has 0 aliphatic heterocycles. The molecule has 2 aliphatic rings. The number of hydrogen-bond acceptors (Lipinski definition) is 3. The van der Waals surface area contributed by atoms with Crippen molar-refractivity contribution < 1.29 is 9.59 Å². The first-order valence-corrected chi connectivity index (χ1v) is 11.8. The first-order chi connectivity index (χ1) is 13.0. The number of allylic oxidation sites excluding steroid dienone is 1. The molecule has 2 aliphatic carbocycles. The van der Waals surface area contributed by atoms with Crippen molar-refractivity contribution in [3.63, 3.8) is 0 Å². The number of hydrogen-bond donors (Lipinski definition) is 1. The predicted molar refractivity (Wildman–Crippen MR) is 121 cm³/mol. The van der Waals surface area contributed by atoms with Gasteiger partial charge in [-0.2, -0.15) is 0 Å². The maximum Gasteiger partial charge on any atom is 0.226 e. The van der Waals surface area contributed by atoms with E-state index >= 15 is 0 Å². The molecule has 1 amide bonds. The van der Waals surface area contributed by atoms with Gasteiger partial charge in [0.2, 0.25) is 5.91 Å². The SMILES string of the molecule is CC1(C(=O)NC2CCC=CC2SC(=O)Cc2ccc(I)cc2)CCCCC1. The molecular formula is C22H28INO2S. The Morgan fingerprint density at radius 2 is 1.89 bits per heavy atom. The molecule has 1 saturated carbocycles. The van der Waals surface area contributed by atoms with Crippen LogP contribution in [0, 0.1) is 8.99 Å². The van der Waals surface area contributed by atoms with Crippen molar-refractivity contribution in [3.05, 3.63) is 45.6 Å². The van der Waals surface area contributed by atoms with Gasteiger partial charge >= 0.3 is 0 Å². The number of benzene rings is 1. The van der Waals surface area contributed by atoms with Gasteiger partial charge in [-0.25, -0.2) is 0 Å². The number of amides is 1. The van der Waals surface area contributed by atoms with Crippen LogP contribution < -0.4 is 5.32 Å². The van der Waals surface area contributed by atoms with Gasteiger partial charge in [0.1, 0.15) is 0 Å². The van der Waals surface area contributed by atoms with Crippen LogP contribution in [0.3, 0.4) is 0 Å². The molecule has 0 saturated heterocycles. The third-order valence-corrected chi connectivity index (χ3v) is 7.60. The maximum absolute atomic E-state index is 12.9. The van der Waals surface area contributed by atoms with E-state index in [0.717, 1.165) is 44.1 Å². The van der Waals surface area contributed by atoms with Gasteiger partial charge in [-0.1, -0.05) is 62.2 Å². The number of carbonyl (C=O) groups is 2. The van der Waals surface area contributed by atoms with E-state index in [9.17, 15) is 9.59 Å². The largest absolute Gasteiger partial charge is 0.351 e. The molecule has 2 atom stereocenters. The Morgan fingerprint density at radius 3 is 2.59 bits per heavy atom. The summed E-state index contributed by atoms with van der Waals surface area (Å²) in [6, 6.07) is 8.14. The Hall–Kier alpha value is -0.820. The molecule has 27 heavy (non-hydrogen) atoms. The molecule has 0 radical (unpaired) electrons. The number of thioether (sulfide) groups is 1. The first-order valence-electron chi connectivity index (χ1n) is 9.88. The third kappa shape index (κ3) is 5.83. The van der Waals surface area contributed by atoms with E-state index < -0.39 is 0 Å². The van der Waals surface area contributed by atoms with E-state index in [4.69, 9.17) is 0 Å². The Morgan fingerprint density at radius 1 is 1.19 bits per heavy atom. The lowest BCUT2D eigenvalue weighted by Gasteiger charge is -2.36. The van der Waals surface area contributed by atoms with E-state index in [2.05, 4.69) is 47.0 Å². The Balaban J connectivity index is 1.58. The summed E-state index contributed by atoms with van der Waals surface area (Å²) in [5.41, 5.74) is 0.808. The second-order valence-electron chi connectivity index (χ2n) is 7.96. The molecule has 0 spiro atoms. The van der Waals surface area contributed by atoms with Crippen molar-refractivity contribution in [2.75, 3.05) is 0 Å². The second-order valence-corrected chi connectivity index (χ2v) is 10.4. The first kappa shape index (κ1) is 20.9. The lowest BCUT2D eigenvalue weighted by molar-refractivity contribution is -0.132. The van der Waals surface area contributed by atoms with Crippen LogP contribution >= 0.6 is 34.4 Å². The number of carbonyl (C=O) groups excluding carboxylic acids is 2. The molecule has 146 valence electrons. The third-order valence-electron chi connectivity index (χ3n) is 5.72. The highest BCUT2D eigenvalue weighted by molar-refractivity contribution is 14.1. The highest BCUT2D eigenvalue weighted by Gasteiger charge is 2.37. The molecule has 5 heteroatoms. The van der Waals surface area contributed by atoms with Crippen LogP contribution in [-0.2, 0) is 16.0 Å². The van der Waals surface area contributed by atoms with E-state index in [1.54, 1.807) is 0 Å². The predicted octanol–water partition coefficient (Wildman–Crippen LogP) is 5.27. The van der Waals surface area contributed by atoms with Crippen molar-refractivity contribution in [2.24, 2.45) is 5.41 Å². The number of nitrogens with one attached hydrogen (secondary N) is 1. The summed E-state index contributed by atoms with van der Waals surface area (Å²) in [6.45, 7) is 2.10. The normalized spacial score (nSPS) is 24.4. The van der Waals surface area contributed by atoms with Crippen LogP contribution in [0.25, 0.3) is 0 Å². The van der Waals surface area contributed by atoms with Crippen LogP contribution in [0.2, 0.25) is 0 Å². The molecule has 3 rings (SSSR count). The van der Waals surface area contributed by atoms with Gasteiger partial charge in [0.25, 0.3) is 0 Å². The van der Waals surface area contributed by atoms with E-state index in [1.165, 1.54) is 21.8 Å². The van der Waals surface area contributed by atoms with Gasteiger partial charge < -0.3 is 5.32 Å². The number of rotatable bonds is 5. The molecule has 1 N–H and O–H groups in total. The fourth-order valence-corrected chi connectivity index (χ4v) is 5.42. The molecule has 0 bridgehead atoms. The summed E-state index contributed by atoms with van der Waals surface area (Å²) in [4.78, 5) is 25.5. The minimum atomic E-state index is -0.236. The molecule has 3 nitrogen and oxygen atoms in total. The summed E-state index contributed by atoms with van der Waals surface area (Å²) < 4.78 is 1.17. The molecular weight excluding hydrogens is 469 g/mol. The van der Waals surface area contributed by atoms with Crippen LogP contribution in [0.1, 0.15) is 57.4 Å². The van der Waals surface area contributed by atoms with E-state index in [0.29, 0.717) is 6.42 Å². The van der Waals surface area contributed by atoms with Gasteiger partial charge in [0.15, 0.2) is 5.12 Å². The van der Waals surface area contributed by atoms with Gasteiger partial charge in [-0.15, -0.1) is 0 Å². The topological polar surface area (TPSA) is 46.2 Å². The Kier molecular flexibility index (Phi) is 7.42. The van der Waals surface area contributed by atoms with E-state index in [1.807, 2.05) is 24.3 Å². The summed E-state index contributed by atoms with van der Waals surface area (Å²) in [7, 11) is 0. The molecule has 1 fully saturated rings. The van der Waals surface area contributed by atoms with Gasteiger partial charge in [-0.05, 0) is 66.0 Å². The van der Waals surface area contributed by atoms with Crippen molar-refractivity contribution in [1.29, 1.82) is 0 Å². The average molecular weight is 497 g/mol. The van der Waals surface area contributed by atoms with Crippen molar-refractivity contribution in [3.8, 4) is 0 Å². The van der Waals surface area contributed by atoms with Crippen molar-refractivity contribution >= 4 is 45.4 Å². The van der Waals surface area contributed by atoms with Gasteiger partial charge in [-0.3, -0.25) is 9.59 Å². The van der Waals surface area contributed by atoms with Gasteiger partial charge in [0.05, 0.1) is 5.25 Å². The lowest BCUT2D eigenvalue weighted by atomic mass is 9.75. The maximum atomic E-state index is 12.9. The zero-order valence-electron chi connectivity index (χ0n) is 15.9. The quantitative estimate of drug-likeness (QED) is 0.446. The van der Waals surface area contributed by atoms with Crippen LogP contribution in [0.4, 0.5) is 0 Å². The minimum Gasteiger partial charge on any atom is -0.351 e. The van der Waals surface area contributed by atoms with Gasteiger partial charge in [0, 0.05) is 21.4 Å². The highest BCUT2D eigenvalue weighted by Crippen LogP contribution is 2.36. The smallest absolute Gasteiger partial charge is 0.226 e.